The number of aliphatic hydroxyl groups is 1. The number of hydrogen-bond acceptors (Lipinski definition) is 2. The number of hydrogen-bond donors (Lipinski definition) is 1. The predicted octanol–water partition coefficient (Wildman–Crippen LogP) is 0.981. The maximum Gasteiger partial charge on any atom is 0.161 e. The average molecular weight is 123 g/mol. The van der Waals surface area contributed by atoms with Crippen LogP contribution in [0.2, 0.25) is 0 Å². The van der Waals surface area contributed by atoms with Gasteiger partial charge in [-0.3, -0.25) is 0 Å². The first-order valence-electron chi connectivity index (χ1n) is 3.11. The van der Waals surface area contributed by atoms with Crippen LogP contribution in [0.5, 0.6) is 0 Å². The highest BCUT2D eigenvalue weighted by atomic mass is 16.3. The second-order valence-corrected chi connectivity index (χ2v) is 2.20. The summed E-state index contributed by atoms with van der Waals surface area (Å²) in [6.45, 7) is 0. The smallest absolute Gasteiger partial charge is 0.161 e. The van der Waals surface area contributed by atoms with Crippen molar-refractivity contribution in [2.75, 3.05) is 0 Å². The molecular weight excluding hydrogens is 114 g/mol. The van der Waals surface area contributed by atoms with E-state index in [2.05, 4.69) is 0 Å². The van der Waals surface area contributed by atoms with Gasteiger partial charge in [0.15, 0.2) is 6.10 Å². The van der Waals surface area contributed by atoms with E-state index >= 15 is 0 Å². The average Bonchev–Trinajstić information content (AvgIpc) is 2.37. The highest BCUT2D eigenvalue weighted by Crippen LogP contribution is 2.19. The molecule has 1 unspecified atom stereocenters. The molecule has 0 bridgehead atoms. The third kappa shape index (κ3) is 1.30. The normalized spacial score (nSPS) is 20.7. The monoisotopic (exact) mass is 123 g/mol. The van der Waals surface area contributed by atoms with Crippen molar-refractivity contribution in [2.24, 2.45) is 0 Å². The first-order valence-corrected chi connectivity index (χ1v) is 3.11. The molecule has 0 saturated heterocycles. The van der Waals surface area contributed by atoms with Gasteiger partial charge >= 0.3 is 0 Å². The molecule has 1 aliphatic carbocycles. The molecule has 0 aromatic heterocycles. The maximum absolute atomic E-state index is 8.93. The highest BCUT2D eigenvalue weighted by Gasteiger charge is 2.11. The summed E-state index contributed by atoms with van der Waals surface area (Å²) in [6, 6.07) is 1.79. The fourth-order valence-corrected chi connectivity index (χ4v) is 1.03. The third-order valence-corrected chi connectivity index (χ3v) is 1.55. The molecular formula is C7H9NO. The van der Waals surface area contributed by atoms with Gasteiger partial charge in [0.1, 0.15) is 0 Å². The van der Waals surface area contributed by atoms with Gasteiger partial charge < -0.3 is 5.11 Å². The Morgan fingerprint density at radius 1 is 1.78 bits per heavy atom. The Kier molecular flexibility index (Phi) is 1.86. The van der Waals surface area contributed by atoms with E-state index in [1.54, 1.807) is 6.07 Å². The lowest BCUT2D eigenvalue weighted by Crippen LogP contribution is -2.03. The summed E-state index contributed by atoms with van der Waals surface area (Å²) in [7, 11) is 0. The first kappa shape index (κ1) is 6.31. The van der Waals surface area contributed by atoms with E-state index in [1.165, 1.54) is 0 Å². The van der Waals surface area contributed by atoms with Crippen LogP contribution in [0, 0.1) is 11.3 Å². The van der Waals surface area contributed by atoms with Crippen LogP contribution in [0.4, 0.5) is 0 Å². The van der Waals surface area contributed by atoms with Crippen LogP contribution >= 0.6 is 0 Å². The van der Waals surface area contributed by atoms with Gasteiger partial charge in [-0.05, 0) is 24.8 Å². The molecule has 1 atom stereocenters. The summed E-state index contributed by atoms with van der Waals surface area (Å²) in [5.41, 5.74) is 0.900. The van der Waals surface area contributed by atoms with Crippen molar-refractivity contribution in [1.82, 2.24) is 0 Å². The van der Waals surface area contributed by atoms with Crippen molar-refractivity contribution in [1.29, 1.82) is 5.26 Å². The van der Waals surface area contributed by atoms with E-state index in [4.69, 9.17) is 10.4 Å². The van der Waals surface area contributed by atoms with Crippen LogP contribution in [0.3, 0.4) is 0 Å². The minimum Gasteiger partial charge on any atom is -0.374 e. The third-order valence-electron chi connectivity index (χ3n) is 1.55. The largest absolute Gasteiger partial charge is 0.374 e. The standard InChI is InChI=1S/C7H9NO/c8-5-7(9)6-3-1-2-4-6/h3,7,9H,1-2,4H2. The van der Waals surface area contributed by atoms with E-state index in [0.717, 1.165) is 24.8 Å². The number of rotatable bonds is 1. The van der Waals surface area contributed by atoms with Crippen molar-refractivity contribution >= 4 is 0 Å². The van der Waals surface area contributed by atoms with Crippen LogP contribution in [0.1, 0.15) is 19.3 Å². The first-order chi connectivity index (χ1) is 4.34. The minimum atomic E-state index is -0.840. The molecule has 0 heterocycles. The fraction of sp³-hybridized carbons (Fsp3) is 0.571. The second-order valence-electron chi connectivity index (χ2n) is 2.20. The summed E-state index contributed by atoms with van der Waals surface area (Å²) in [5.74, 6) is 0. The molecule has 0 spiro atoms. The molecule has 0 saturated carbocycles. The Balaban J connectivity index is 2.53. The topological polar surface area (TPSA) is 44.0 Å². The molecule has 0 aliphatic heterocycles. The van der Waals surface area contributed by atoms with Gasteiger partial charge in [-0.2, -0.15) is 5.26 Å². The molecule has 1 N–H and O–H groups in total. The highest BCUT2D eigenvalue weighted by molar-refractivity contribution is 5.18. The number of aliphatic hydroxyl groups excluding tert-OH is 1. The number of nitrogens with zero attached hydrogens (tertiary/aromatic N) is 1. The molecule has 0 aromatic carbocycles. The van der Waals surface area contributed by atoms with E-state index < -0.39 is 6.10 Å². The molecule has 2 heteroatoms. The molecule has 0 fully saturated rings. The van der Waals surface area contributed by atoms with Crippen molar-refractivity contribution < 1.29 is 5.11 Å². The van der Waals surface area contributed by atoms with Crippen molar-refractivity contribution in [3.8, 4) is 6.07 Å². The number of allylic oxidation sites excluding steroid dienone is 1. The van der Waals surface area contributed by atoms with Gasteiger partial charge in [0, 0.05) is 0 Å². The Labute approximate surface area is 54.4 Å². The van der Waals surface area contributed by atoms with Crippen LogP contribution in [-0.2, 0) is 0 Å². The Morgan fingerprint density at radius 2 is 2.56 bits per heavy atom. The molecule has 1 rings (SSSR count). The lowest BCUT2D eigenvalue weighted by molar-refractivity contribution is 0.263. The fourth-order valence-electron chi connectivity index (χ4n) is 1.03. The lowest BCUT2D eigenvalue weighted by Gasteiger charge is -1.99. The van der Waals surface area contributed by atoms with Crippen LogP contribution in [0.25, 0.3) is 0 Å². The zero-order valence-electron chi connectivity index (χ0n) is 5.17. The molecule has 0 radical (unpaired) electrons. The van der Waals surface area contributed by atoms with Crippen LogP contribution < -0.4 is 0 Å². The molecule has 9 heavy (non-hydrogen) atoms. The van der Waals surface area contributed by atoms with E-state index in [0.29, 0.717) is 0 Å². The summed E-state index contributed by atoms with van der Waals surface area (Å²) < 4.78 is 0. The molecule has 48 valence electrons. The Hall–Kier alpha value is -0.810. The van der Waals surface area contributed by atoms with Gasteiger partial charge in [-0.25, -0.2) is 0 Å². The lowest BCUT2D eigenvalue weighted by atomic mass is 10.1. The minimum absolute atomic E-state index is 0.840. The quantitative estimate of drug-likeness (QED) is 0.417. The number of nitriles is 1. The summed E-state index contributed by atoms with van der Waals surface area (Å²) >= 11 is 0. The van der Waals surface area contributed by atoms with Gasteiger partial charge in [0.2, 0.25) is 0 Å². The Bertz CT molecular complexity index is 166. The van der Waals surface area contributed by atoms with Crippen LogP contribution in [-0.4, -0.2) is 11.2 Å². The van der Waals surface area contributed by atoms with Gasteiger partial charge in [-0.1, -0.05) is 6.08 Å². The molecule has 2 nitrogen and oxygen atoms in total. The van der Waals surface area contributed by atoms with Crippen molar-refractivity contribution in [3.05, 3.63) is 11.6 Å². The molecule has 1 aliphatic rings. The van der Waals surface area contributed by atoms with Crippen molar-refractivity contribution in [2.45, 2.75) is 25.4 Å². The Morgan fingerprint density at radius 3 is 3.00 bits per heavy atom. The zero-order chi connectivity index (χ0) is 6.69. The van der Waals surface area contributed by atoms with E-state index in [9.17, 15) is 0 Å². The molecule has 0 aromatic rings. The second kappa shape index (κ2) is 2.65. The maximum atomic E-state index is 8.93. The van der Waals surface area contributed by atoms with Crippen LogP contribution in [0.15, 0.2) is 11.6 Å². The SMILES string of the molecule is N#CC(O)C1=CCCC1. The van der Waals surface area contributed by atoms with Crippen molar-refractivity contribution in [3.63, 3.8) is 0 Å². The zero-order valence-corrected chi connectivity index (χ0v) is 5.17. The summed E-state index contributed by atoms with van der Waals surface area (Å²) in [4.78, 5) is 0. The van der Waals surface area contributed by atoms with Gasteiger partial charge in [0.05, 0.1) is 6.07 Å². The van der Waals surface area contributed by atoms with Gasteiger partial charge in [0.25, 0.3) is 0 Å². The predicted molar refractivity (Wildman–Crippen MR) is 33.6 cm³/mol. The van der Waals surface area contributed by atoms with E-state index in [1.807, 2.05) is 6.08 Å². The van der Waals surface area contributed by atoms with E-state index in [-0.39, 0.29) is 0 Å². The summed E-state index contributed by atoms with van der Waals surface area (Å²) in [5, 5.41) is 17.2. The molecule has 0 amide bonds. The summed E-state index contributed by atoms with van der Waals surface area (Å²) in [6.07, 6.45) is 4.12. The van der Waals surface area contributed by atoms with Gasteiger partial charge in [-0.15, -0.1) is 0 Å².